The van der Waals surface area contributed by atoms with Gasteiger partial charge in [0.05, 0.1) is 12.1 Å². The summed E-state index contributed by atoms with van der Waals surface area (Å²) in [5.74, 6) is 0.250. The number of hydrogen-bond acceptors (Lipinski definition) is 3. The third kappa shape index (κ3) is 3.20. The van der Waals surface area contributed by atoms with Crippen LogP contribution in [0.3, 0.4) is 0 Å². The molecule has 2 atom stereocenters. The van der Waals surface area contributed by atoms with E-state index in [0.717, 1.165) is 18.4 Å². The van der Waals surface area contributed by atoms with Crippen LogP contribution in [0.2, 0.25) is 0 Å². The second-order valence-electron chi connectivity index (χ2n) is 4.59. The lowest BCUT2D eigenvalue weighted by Gasteiger charge is -2.35. The van der Waals surface area contributed by atoms with Gasteiger partial charge in [-0.25, -0.2) is 0 Å². The van der Waals surface area contributed by atoms with Gasteiger partial charge in [0.15, 0.2) is 0 Å². The Balaban J connectivity index is 3.01. The Morgan fingerprint density at radius 2 is 1.82 bits per heavy atom. The zero-order valence-electron chi connectivity index (χ0n) is 10.9. The zero-order valence-corrected chi connectivity index (χ0v) is 10.9. The van der Waals surface area contributed by atoms with Gasteiger partial charge in [0.25, 0.3) is 0 Å². The predicted octanol–water partition coefficient (Wildman–Crippen LogP) is 2.38. The monoisotopic (exact) mass is 237 g/mol. The minimum atomic E-state index is -0.414. The van der Waals surface area contributed by atoms with Crippen LogP contribution in [0.4, 0.5) is 0 Å². The zero-order chi connectivity index (χ0) is 12.9. The number of rotatable bonds is 6. The fraction of sp³-hybridized carbons (Fsp3) is 0.571. The normalized spacial score (nSPS) is 16.5. The minimum Gasteiger partial charge on any atom is -0.508 e. The summed E-state index contributed by atoms with van der Waals surface area (Å²) in [5.41, 5.74) is 0.601. The van der Waals surface area contributed by atoms with Crippen LogP contribution in [0.1, 0.15) is 39.2 Å². The summed E-state index contributed by atoms with van der Waals surface area (Å²) in [6.07, 6.45) is 1.82. The second-order valence-corrected chi connectivity index (χ2v) is 4.59. The Morgan fingerprint density at radius 3 is 2.24 bits per heavy atom. The van der Waals surface area contributed by atoms with E-state index in [1.807, 2.05) is 12.1 Å². The van der Waals surface area contributed by atoms with E-state index in [-0.39, 0.29) is 12.4 Å². The van der Waals surface area contributed by atoms with Crippen molar-refractivity contribution in [1.29, 1.82) is 0 Å². The van der Waals surface area contributed by atoms with Gasteiger partial charge in [-0.1, -0.05) is 26.0 Å². The molecular weight excluding hydrogens is 214 g/mol. The molecule has 3 nitrogen and oxygen atoms in total. The van der Waals surface area contributed by atoms with Crippen LogP contribution in [0.15, 0.2) is 24.3 Å². The average Bonchev–Trinajstić information content (AvgIpc) is 2.37. The molecule has 0 heterocycles. The molecule has 0 radical (unpaired) electrons. The predicted molar refractivity (Wildman–Crippen MR) is 70.1 cm³/mol. The molecule has 0 aliphatic carbocycles. The summed E-state index contributed by atoms with van der Waals surface area (Å²) in [6.45, 7) is 6.34. The van der Waals surface area contributed by atoms with Gasteiger partial charge in [-0.05, 0) is 37.5 Å². The van der Waals surface area contributed by atoms with Gasteiger partial charge < -0.3 is 15.5 Å². The highest BCUT2D eigenvalue weighted by molar-refractivity contribution is 5.31. The van der Waals surface area contributed by atoms with Gasteiger partial charge in [0.1, 0.15) is 5.75 Å². The minimum absolute atomic E-state index is 0.0542. The maximum Gasteiger partial charge on any atom is 0.115 e. The van der Waals surface area contributed by atoms with Crippen molar-refractivity contribution in [2.45, 2.75) is 45.2 Å². The molecule has 1 aromatic carbocycles. The lowest BCUT2D eigenvalue weighted by atomic mass is 9.87. The van der Waals surface area contributed by atoms with E-state index in [4.69, 9.17) is 0 Å². The number of hydrogen-bond donors (Lipinski definition) is 3. The molecule has 2 unspecified atom stereocenters. The first-order valence-corrected chi connectivity index (χ1v) is 6.26. The first-order chi connectivity index (χ1) is 8.07. The summed E-state index contributed by atoms with van der Waals surface area (Å²) in [6, 6.07) is 7.40. The maximum absolute atomic E-state index is 9.72. The van der Waals surface area contributed by atoms with Crippen molar-refractivity contribution in [2.75, 3.05) is 6.61 Å². The van der Waals surface area contributed by atoms with Gasteiger partial charge in [-0.2, -0.15) is 0 Å². The lowest BCUT2D eigenvalue weighted by molar-refractivity contribution is 0.143. The van der Waals surface area contributed by atoms with Crippen LogP contribution in [-0.4, -0.2) is 22.9 Å². The Hall–Kier alpha value is -1.06. The summed E-state index contributed by atoms with van der Waals surface area (Å²) in [7, 11) is 0. The first kappa shape index (κ1) is 14.0. The van der Waals surface area contributed by atoms with E-state index in [0.29, 0.717) is 6.04 Å². The maximum atomic E-state index is 9.72. The van der Waals surface area contributed by atoms with Gasteiger partial charge >= 0.3 is 0 Å². The molecule has 3 heteroatoms. The Labute approximate surface area is 103 Å². The molecule has 1 aromatic rings. The average molecular weight is 237 g/mol. The van der Waals surface area contributed by atoms with Crippen LogP contribution in [0.5, 0.6) is 5.75 Å². The highest BCUT2D eigenvalue weighted by Gasteiger charge is 2.30. The van der Waals surface area contributed by atoms with Crippen LogP contribution in [0.25, 0.3) is 0 Å². The Bertz CT molecular complexity index is 331. The van der Waals surface area contributed by atoms with Gasteiger partial charge in [0.2, 0.25) is 0 Å². The van der Waals surface area contributed by atoms with Gasteiger partial charge in [-0.15, -0.1) is 0 Å². The van der Waals surface area contributed by atoms with Crippen molar-refractivity contribution in [1.82, 2.24) is 5.32 Å². The first-order valence-electron chi connectivity index (χ1n) is 6.26. The Morgan fingerprint density at radius 1 is 1.24 bits per heavy atom. The fourth-order valence-corrected chi connectivity index (χ4v) is 1.99. The highest BCUT2D eigenvalue weighted by atomic mass is 16.3. The number of phenols is 1. The second kappa shape index (κ2) is 6.03. The summed E-state index contributed by atoms with van der Waals surface area (Å²) < 4.78 is 0. The summed E-state index contributed by atoms with van der Waals surface area (Å²) in [4.78, 5) is 0. The van der Waals surface area contributed by atoms with Crippen molar-refractivity contribution >= 4 is 0 Å². The molecule has 96 valence electrons. The summed E-state index contributed by atoms with van der Waals surface area (Å²) >= 11 is 0. The largest absolute Gasteiger partial charge is 0.508 e. The molecule has 0 spiro atoms. The molecule has 0 amide bonds. The third-order valence-corrected chi connectivity index (χ3v) is 3.43. The van der Waals surface area contributed by atoms with Crippen molar-refractivity contribution in [3.63, 3.8) is 0 Å². The highest BCUT2D eigenvalue weighted by Crippen LogP contribution is 2.27. The molecule has 0 bridgehead atoms. The standard InChI is InChI=1S/C14H23NO2/c1-4-11(3)15-14(5-2,10-16)12-6-8-13(17)9-7-12/h6-9,11,15-17H,4-5,10H2,1-3H3. The van der Waals surface area contributed by atoms with Gasteiger partial charge in [0, 0.05) is 6.04 Å². The fourth-order valence-electron chi connectivity index (χ4n) is 1.99. The number of aliphatic hydroxyl groups excluding tert-OH is 1. The Kier molecular flexibility index (Phi) is 4.97. The van der Waals surface area contributed by atoms with E-state index in [1.165, 1.54) is 0 Å². The number of benzene rings is 1. The van der Waals surface area contributed by atoms with Crippen LogP contribution < -0.4 is 5.32 Å². The molecule has 0 aromatic heterocycles. The molecule has 0 saturated carbocycles. The molecule has 0 saturated heterocycles. The molecule has 17 heavy (non-hydrogen) atoms. The van der Waals surface area contributed by atoms with E-state index in [1.54, 1.807) is 12.1 Å². The van der Waals surface area contributed by atoms with Gasteiger partial charge in [-0.3, -0.25) is 0 Å². The molecule has 0 aliphatic heterocycles. The van der Waals surface area contributed by atoms with E-state index in [2.05, 4.69) is 26.1 Å². The topological polar surface area (TPSA) is 52.5 Å². The molecule has 3 N–H and O–H groups in total. The van der Waals surface area contributed by atoms with Crippen molar-refractivity contribution in [3.05, 3.63) is 29.8 Å². The van der Waals surface area contributed by atoms with Crippen molar-refractivity contribution < 1.29 is 10.2 Å². The number of nitrogens with one attached hydrogen (secondary N) is 1. The molecule has 1 rings (SSSR count). The van der Waals surface area contributed by atoms with E-state index < -0.39 is 5.54 Å². The lowest BCUT2D eigenvalue weighted by Crippen LogP contribution is -2.49. The van der Waals surface area contributed by atoms with Crippen LogP contribution >= 0.6 is 0 Å². The number of aliphatic hydroxyl groups is 1. The molecule has 0 aliphatic rings. The summed E-state index contributed by atoms with van der Waals surface area (Å²) in [5, 5.41) is 22.5. The quantitative estimate of drug-likeness (QED) is 0.712. The van der Waals surface area contributed by atoms with Crippen LogP contribution in [-0.2, 0) is 5.54 Å². The number of aromatic hydroxyl groups is 1. The van der Waals surface area contributed by atoms with Crippen molar-refractivity contribution in [3.8, 4) is 5.75 Å². The van der Waals surface area contributed by atoms with Crippen molar-refractivity contribution in [2.24, 2.45) is 0 Å². The smallest absolute Gasteiger partial charge is 0.115 e. The molecule has 0 fully saturated rings. The third-order valence-electron chi connectivity index (χ3n) is 3.43. The van der Waals surface area contributed by atoms with Crippen LogP contribution in [0, 0.1) is 0 Å². The SMILES string of the molecule is CCC(C)NC(CC)(CO)c1ccc(O)cc1. The van der Waals surface area contributed by atoms with E-state index >= 15 is 0 Å². The molecular formula is C14H23NO2. The number of phenolic OH excluding ortho intramolecular Hbond substituents is 1. The van der Waals surface area contributed by atoms with E-state index in [9.17, 15) is 10.2 Å².